The third-order valence-electron chi connectivity index (χ3n) is 6.07. The van der Waals surface area contributed by atoms with Gasteiger partial charge in [0.1, 0.15) is 18.3 Å². The van der Waals surface area contributed by atoms with Crippen LogP contribution in [0.15, 0.2) is 88.2 Å². The molecule has 2 amide bonds. The first kappa shape index (κ1) is 30.2. The fraction of sp³-hybridized carbons (Fsp3) is 0.310. The van der Waals surface area contributed by atoms with Gasteiger partial charge in [0, 0.05) is 17.6 Å². The van der Waals surface area contributed by atoms with Gasteiger partial charge in [-0.1, -0.05) is 66.2 Å². The highest BCUT2D eigenvalue weighted by molar-refractivity contribution is 9.10. The van der Waals surface area contributed by atoms with Gasteiger partial charge in [-0.05, 0) is 60.9 Å². The van der Waals surface area contributed by atoms with E-state index in [1.165, 1.54) is 17.0 Å². The van der Waals surface area contributed by atoms with Gasteiger partial charge in [0.2, 0.25) is 11.8 Å². The van der Waals surface area contributed by atoms with E-state index in [4.69, 9.17) is 4.74 Å². The van der Waals surface area contributed by atoms with E-state index >= 15 is 0 Å². The third kappa shape index (κ3) is 8.06. The van der Waals surface area contributed by atoms with Crippen molar-refractivity contribution in [2.24, 2.45) is 5.92 Å². The molecule has 1 atom stereocenters. The maximum absolute atomic E-state index is 13.9. The molecule has 0 heterocycles. The topological polar surface area (TPSA) is 96.0 Å². The quantitative estimate of drug-likeness (QED) is 0.314. The maximum atomic E-state index is 13.9. The Bertz CT molecular complexity index is 1370. The van der Waals surface area contributed by atoms with Crippen LogP contribution in [0.3, 0.4) is 0 Å². The highest BCUT2D eigenvalue weighted by atomic mass is 79.9. The Balaban J connectivity index is 1.99. The average Bonchev–Trinajstić information content (AvgIpc) is 2.93. The van der Waals surface area contributed by atoms with Crippen LogP contribution in [0, 0.1) is 5.92 Å². The monoisotopic (exact) mass is 615 g/mol. The lowest BCUT2D eigenvalue weighted by atomic mass is 10.1. The first-order chi connectivity index (χ1) is 18.5. The standard InChI is InChI=1S/C29H34BrN3O5S/c1-21(2)18-31-29(35)22(3)32(19-23-13-15-26(38-4)16-14-23)28(34)20-33(25-10-8-9-24(30)17-25)39(36,37)27-11-6-5-7-12-27/h5-17,21-22H,18-20H2,1-4H3,(H,31,35)/t22-/m0/s1. The summed E-state index contributed by atoms with van der Waals surface area (Å²) in [6, 6.07) is 21.0. The summed E-state index contributed by atoms with van der Waals surface area (Å²) in [5.41, 5.74) is 1.09. The number of benzene rings is 3. The van der Waals surface area contributed by atoms with Gasteiger partial charge in [-0.15, -0.1) is 0 Å². The molecule has 10 heteroatoms. The predicted octanol–water partition coefficient (Wildman–Crippen LogP) is 4.84. The van der Waals surface area contributed by atoms with Gasteiger partial charge < -0.3 is 15.0 Å². The molecule has 3 aromatic carbocycles. The van der Waals surface area contributed by atoms with Crippen molar-refractivity contribution in [1.82, 2.24) is 10.2 Å². The minimum atomic E-state index is -4.10. The number of anilines is 1. The first-order valence-corrected chi connectivity index (χ1v) is 14.8. The molecular formula is C29H34BrN3O5S. The number of rotatable bonds is 12. The second-order valence-corrected chi connectivity index (χ2v) is 12.3. The summed E-state index contributed by atoms with van der Waals surface area (Å²) in [6.07, 6.45) is 0. The molecule has 0 aliphatic carbocycles. The van der Waals surface area contributed by atoms with E-state index in [-0.39, 0.29) is 23.3 Å². The predicted molar refractivity (Wildman–Crippen MR) is 156 cm³/mol. The number of hydrogen-bond acceptors (Lipinski definition) is 5. The molecule has 208 valence electrons. The highest BCUT2D eigenvalue weighted by Gasteiger charge is 2.32. The highest BCUT2D eigenvalue weighted by Crippen LogP contribution is 2.27. The van der Waals surface area contributed by atoms with Crippen molar-refractivity contribution in [1.29, 1.82) is 0 Å². The Morgan fingerprint density at radius 2 is 1.62 bits per heavy atom. The molecule has 0 unspecified atom stereocenters. The molecule has 0 aromatic heterocycles. The molecular weight excluding hydrogens is 582 g/mol. The Kier molecular flexibility index (Phi) is 10.5. The van der Waals surface area contributed by atoms with Gasteiger partial charge in [-0.2, -0.15) is 0 Å². The van der Waals surface area contributed by atoms with Crippen molar-refractivity contribution >= 4 is 43.5 Å². The fourth-order valence-electron chi connectivity index (χ4n) is 3.84. The largest absolute Gasteiger partial charge is 0.497 e. The minimum Gasteiger partial charge on any atom is -0.497 e. The van der Waals surface area contributed by atoms with Crippen LogP contribution in [0.5, 0.6) is 5.75 Å². The number of methoxy groups -OCH3 is 1. The summed E-state index contributed by atoms with van der Waals surface area (Å²) >= 11 is 3.40. The van der Waals surface area contributed by atoms with Crippen LogP contribution >= 0.6 is 15.9 Å². The van der Waals surface area contributed by atoms with Crippen molar-refractivity contribution in [3.8, 4) is 5.75 Å². The molecule has 0 bridgehead atoms. The minimum absolute atomic E-state index is 0.0576. The zero-order valence-electron chi connectivity index (χ0n) is 22.5. The Morgan fingerprint density at radius 3 is 2.21 bits per heavy atom. The molecule has 0 spiro atoms. The van der Waals surface area contributed by atoms with Gasteiger partial charge in [-0.3, -0.25) is 13.9 Å². The van der Waals surface area contributed by atoms with Gasteiger partial charge in [0.25, 0.3) is 10.0 Å². The number of sulfonamides is 1. The van der Waals surface area contributed by atoms with Crippen molar-refractivity contribution in [3.63, 3.8) is 0 Å². The summed E-state index contributed by atoms with van der Waals surface area (Å²) in [5, 5.41) is 2.88. The molecule has 0 saturated carbocycles. The molecule has 0 fully saturated rings. The second-order valence-electron chi connectivity index (χ2n) is 9.49. The second kappa shape index (κ2) is 13.6. The molecule has 39 heavy (non-hydrogen) atoms. The Labute approximate surface area is 239 Å². The van der Waals surface area contributed by atoms with Crippen molar-refractivity contribution in [2.75, 3.05) is 24.5 Å². The summed E-state index contributed by atoms with van der Waals surface area (Å²) in [4.78, 5) is 28.4. The molecule has 0 aliphatic rings. The van der Waals surface area contributed by atoms with Gasteiger partial charge >= 0.3 is 0 Å². The molecule has 0 saturated heterocycles. The molecule has 0 radical (unpaired) electrons. The summed E-state index contributed by atoms with van der Waals surface area (Å²) in [7, 11) is -2.54. The van der Waals surface area contributed by atoms with Gasteiger partial charge in [0.15, 0.2) is 0 Å². The van der Waals surface area contributed by atoms with Crippen molar-refractivity contribution in [2.45, 2.75) is 38.3 Å². The van der Waals surface area contributed by atoms with E-state index in [0.29, 0.717) is 22.5 Å². The van der Waals surface area contributed by atoms with Crippen LogP contribution in [0.25, 0.3) is 0 Å². The lowest BCUT2D eigenvalue weighted by Crippen LogP contribution is -2.51. The van der Waals surface area contributed by atoms with Crippen LogP contribution in [0.4, 0.5) is 5.69 Å². The number of ether oxygens (including phenoxy) is 1. The normalized spacial score (nSPS) is 12.1. The zero-order valence-corrected chi connectivity index (χ0v) is 24.9. The number of amides is 2. The number of nitrogens with one attached hydrogen (secondary N) is 1. The Morgan fingerprint density at radius 1 is 0.949 bits per heavy atom. The molecule has 8 nitrogen and oxygen atoms in total. The lowest BCUT2D eigenvalue weighted by Gasteiger charge is -2.32. The summed E-state index contributed by atoms with van der Waals surface area (Å²) < 4.78 is 34.5. The molecule has 1 N–H and O–H groups in total. The van der Waals surface area contributed by atoms with E-state index in [9.17, 15) is 18.0 Å². The first-order valence-electron chi connectivity index (χ1n) is 12.6. The smallest absolute Gasteiger partial charge is 0.264 e. The summed E-state index contributed by atoms with van der Waals surface area (Å²) in [5.74, 6) is 0.0621. The van der Waals surface area contributed by atoms with Crippen LogP contribution in [0.1, 0.15) is 26.3 Å². The SMILES string of the molecule is COc1ccc(CN(C(=O)CN(c2cccc(Br)c2)S(=O)(=O)c2ccccc2)[C@@H](C)C(=O)NCC(C)C)cc1. The number of hydrogen-bond donors (Lipinski definition) is 1. The lowest BCUT2D eigenvalue weighted by molar-refractivity contribution is -0.139. The number of halogens is 1. The third-order valence-corrected chi connectivity index (χ3v) is 8.35. The van der Waals surface area contributed by atoms with Crippen molar-refractivity contribution < 1.29 is 22.7 Å². The van der Waals surface area contributed by atoms with Crippen LogP contribution < -0.4 is 14.4 Å². The number of nitrogens with zero attached hydrogens (tertiary/aromatic N) is 2. The number of carbonyl (C=O) groups excluding carboxylic acids is 2. The number of carbonyl (C=O) groups is 2. The van der Waals surface area contributed by atoms with Crippen LogP contribution in [-0.4, -0.2) is 51.4 Å². The molecule has 0 aliphatic heterocycles. The molecule has 3 aromatic rings. The maximum Gasteiger partial charge on any atom is 0.264 e. The Hall–Kier alpha value is -3.37. The fourth-order valence-corrected chi connectivity index (χ4v) is 5.66. The van der Waals surface area contributed by atoms with Crippen LogP contribution in [-0.2, 0) is 26.2 Å². The molecule has 3 rings (SSSR count). The summed E-state index contributed by atoms with van der Waals surface area (Å²) in [6.45, 7) is 5.68. The van der Waals surface area contributed by atoms with Crippen molar-refractivity contribution in [3.05, 3.63) is 88.9 Å². The zero-order chi connectivity index (χ0) is 28.6. The average molecular weight is 617 g/mol. The van der Waals surface area contributed by atoms with E-state index in [0.717, 1.165) is 9.87 Å². The van der Waals surface area contributed by atoms with E-state index in [2.05, 4.69) is 21.2 Å². The van der Waals surface area contributed by atoms with E-state index in [1.807, 2.05) is 26.0 Å². The van der Waals surface area contributed by atoms with Gasteiger partial charge in [0.05, 0.1) is 17.7 Å². The van der Waals surface area contributed by atoms with Gasteiger partial charge in [-0.25, -0.2) is 8.42 Å². The van der Waals surface area contributed by atoms with Crippen LogP contribution in [0.2, 0.25) is 0 Å². The van der Waals surface area contributed by atoms with E-state index < -0.39 is 28.5 Å². The van der Waals surface area contributed by atoms with E-state index in [1.54, 1.807) is 68.6 Å².